The summed E-state index contributed by atoms with van der Waals surface area (Å²) in [6.07, 6.45) is 1.75. The largest absolute Gasteiger partial charge is 0.388 e. The Balaban J connectivity index is 2.20. The molecule has 0 aromatic heterocycles. The van der Waals surface area contributed by atoms with E-state index in [1.165, 1.54) is 0 Å². The third-order valence-electron chi connectivity index (χ3n) is 4.26. The average molecular weight is 239 g/mol. The van der Waals surface area contributed by atoms with Gasteiger partial charge in [0.1, 0.15) is 5.41 Å². The van der Waals surface area contributed by atoms with Crippen molar-refractivity contribution in [2.24, 2.45) is 11.3 Å². The minimum absolute atomic E-state index is 0.0413. The number of hydrogen-bond donors (Lipinski definition) is 1. The fraction of sp³-hybridized carbons (Fsp3) is 0.923. The van der Waals surface area contributed by atoms with Crippen molar-refractivity contribution in [1.82, 2.24) is 0 Å². The summed E-state index contributed by atoms with van der Waals surface area (Å²) in [5, 5.41) is 20.3. The van der Waals surface area contributed by atoms with Crippen LogP contribution in [0.1, 0.15) is 33.1 Å². The van der Waals surface area contributed by atoms with E-state index in [1.54, 1.807) is 0 Å². The van der Waals surface area contributed by atoms with Gasteiger partial charge < -0.3 is 14.6 Å². The first-order valence-electron chi connectivity index (χ1n) is 6.36. The molecule has 2 heterocycles. The van der Waals surface area contributed by atoms with Crippen molar-refractivity contribution in [2.75, 3.05) is 19.8 Å². The van der Waals surface area contributed by atoms with Gasteiger partial charge in [0.15, 0.2) is 0 Å². The average Bonchev–Trinajstić information content (AvgIpc) is 2.79. The predicted octanol–water partition coefficient (Wildman–Crippen LogP) is 1.48. The Kier molecular flexibility index (Phi) is 3.44. The topological polar surface area (TPSA) is 62.5 Å². The van der Waals surface area contributed by atoms with E-state index >= 15 is 0 Å². The van der Waals surface area contributed by atoms with Crippen LogP contribution in [0.15, 0.2) is 0 Å². The van der Waals surface area contributed by atoms with Crippen molar-refractivity contribution >= 4 is 0 Å². The zero-order chi connectivity index (χ0) is 12.5. The normalized spacial score (nSPS) is 42.6. The molecule has 1 N–H and O–H groups in total. The maximum absolute atomic E-state index is 10.9. The molecular formula is C13H21NO3. The molecule has 0 saturated carbocycles. The summed E-state index contributed by atoms with van der Waals surface area (Å²) in [5.41, 5.74) is -1.69. The number of ether oxygens (including phenoxy) is 2. The highest BCUT2D eigenvalue weighted by Gasteiger charge is 2.55. The fourth-order valence-corrected chi connectivity index (χ4v) is 2.86. The monoisotopic (exact) mass is 239 g/mol. The number of aliphatic hydroxyl groups is 1. The van der Waals surface area contributed by atoms with E-state index in [4.69, 9.17) is 9.47 Å². The number of nitriles is 1. The summed E-state index contributed by atoms with van der Waals surface area (Å²) in [6.45, 7) is 5.62. The van der Waals surface area contributed by atoms with Crippen LogP contribution in [-0.2, 0) is 9.47 Å². The van der Waals surface area contributed by atoms with Crippen LogP contribution >= 0.6 is 0 Å². The zero-order valence-electron chi connectivity index (χ0n) is 10.6. The van der Waals surface area contributed by atoms with Crippen LogP contribution in [0.2, 0.25) is 0 Å². The van der Waals surface area contributed by atoms with Gasteiger partial charge in [-0.1, -0.05) is 13.8 Å². The summed E-state index contributed by atoms with van der Waals surface area (Å²) in [5.74, 6) is 0.361. The van der Waals surface area contributed by atoms with Crippen molar-refractivity contribution < 1.29 is 14.6 Å². The molecule has 3 unspecified atom stereocenters. The van der Waals surface area contributed by atoms with Crippen LogP contribution in [0.5, 0.6) is 0 Å². The molecule has 2 fully saturated rings. The van der Waals surface area contributed by atoms with E-state index in [0.29, 0.717) is 45.0 Å². The number of hydrogen-bond acceptors (Lipinski definition) is 4. The van der Waals surface area contributed by atoms with Gasteiger partial charge in [0, 0.05) is 26.1 Å². The van der Waals surface area contributed by atoms with Crippen LogP contribution in [0.3, 0.4) is 0 Å². The van der Waals surface area contributed by atoms with Gasteiger partial charge in [0.25, 0.3) is 0 Å². The van der Waals surface area contributed by atoms with Crippen molar-refractivity contribution in [3.8, 4) is 6.07 Å². The second-order valence-electron chi connectivity index (χ2n) is 5.64. The molecule has 17 heavy (non-hydrogen) atoms. The molecule has 2 aliphatic heterocycles. The quantitative estimate of drug-likeness (QED) is 0.793. The van der Waals surface area contributed by atoms with E-state index in [9.17, 15) is 10.4 Å². The summed E-state index contributed by atoms with van der Waals surface area (Å²) in [6, 6.07) is 2.32. The minimum Gasteiger partial charge on any atom is -0.388 e. The Morgan fingerprint density at radius 3 is 2.65 bits per heavy atom. The second-order valence-corrected chi connectivity index (χ2v) is 5.64. The Labute approximate surface area is 103 Å². The molecule has 0 spiro atoms. The Bertz CT molecular complexity index is 317. The van der Waals surface area contributed by atoms with Crippen LogP contribution in [0, 0.1) is 22.7 Å². The predicted molar refractivity (Wildman–Crippen MR) is 62.2 cm³/mol. The molecule has 3 atom stereocenters. The molecule has 0 aromatic carbocycles. The molecule has 0 radical (unpaired) electrons. The molecule has 4 heteroatoms. The van der Waals surface area contributed by atoms with Crippen molar-refractivity contribution in [2.45, 2.75) is 44.8 Å². The molecule has 96 valence electrons. The van der Waals surface area contributed by atoms with Gasteiger partial charge in [-0.2, -0.15) is 5.26 Å². The Morgan fingerprint density at radius 2 is 2.12 bits per heavy atom. The molecule has 4 nitrogen and oxygen atoms in total. The molecule has 2 rings (SSSR count). The second kappa shape index (κ2) is 4.56. The molecule has 2 saturated heterocycles. The Hall–Kier alpha value is -0.630. The fourth-order valence-electron chi connectivity index (χ4n) is 2.86. The van der Waals surface area contributed by atoms with Gasteiger partial charge in [-0.3, -0.25) is 0 Å². The van der Waals surface area contributed by atoms with Crippen LogP contribution in [-0.4, -0.2) is 36.6 Å². The van der Waals surface area contributed by atoms with E-state index < -0.39 is 11.0 Å². The summed E-state index contributed by atoms with van der Waals surface area (Å²) in [7, 11) is 0. The minimum atomic E-state index is -0.953. The number of nitrogens with zero attached hydrogens (tertiary/aromatic N) is 1. The lowest BCUT2D eigenvalue weighted by atomic mass is 9.66. The lowest BCUT2D eigenvalue weighted by molar-refractivity contribution is -0.160. The number of rotatable bonds is 2. The Morgan fingerprint density at radius 1 is 1.35 bits per heavy atom. The van der Waals surface area contributed by atoms with Gasteiger partial charge >= 0.3 is 0 Å². The highest BCUT2D eigenvalue weighted by molar-refractivity contribution is 5.14. The van der Waals surface area contributed by atoms with Gasteiger partial charge in [-0.05, 0) is 12.3 Å². The first kappa shape index (κ1) is 12.8. The molecule has 2 aliphatic rings. The van der Waals surface area contributed by atoms with Gasteiger partial charge in [-0.25, -0.2) is 0 Å². The van der Waals surface area contributed by atoms with Crippen LogP contribution in [0.4, 0.5) is 0 Å². The molecule has 0 aromatic rings. The van der Waals surface area contributed by atoms with Crippen molar-refractivity contribution in [1.29, 1.82) is 5.26 Å². The van der Waals surface area contributed by atoms with E-state index in [0.717, 1.165) is 0 Å². The first-order chi connectivity index (χ1) is 8.03. The van der Waals surface area contributed by atoms with E-state index in [1.807, 2.05) is 0 Å². The van der Waals surface area contributed by atoms with Crippen LogP contribution < -0.4 is 0 Å². The zero-order valence-corrected chi connectivity index (χ0v) is 10.6. The highest BCUT2D eigenvalue weighted by Crippen LogP contribution is 2.46. The maximum atomic E-state index is 10.9. The van der Waals surface area contributed by atoms with E-state index in [2.05, 4.69) is 19.9 Å². The summed E-state index contributed by atoms with van der Waals surface area (Å²) < 4.78 is 11.0. The van der Waals surface area contributed by atoms with Gasteiger partial charge in [0.05, 0.1) is 24.4 Å². The SMILES string of the molecule is CC(C)C1CC(O)(C2(C#N)CCOC2)CCO1. The molecule has 0 aliphatic carbocycles. The third kappa shape index (κ3) is 2.08. The lowest BCUT2D eigenvalue weighted by Gasteiger charge is -2.45. The van der Waals surface area contributed by atoms with Crippen LogP contribution in [0.25, 0.3) is 0 Å². The molecule has 0 amide bonds. The van der Waals surface area contributed by atoms with E-state index in [-0.39, 0.29) is 6.10 Å². The third-order valence-corrected chi connectivity index (χ3v) is 4.26. The van der Waals surface area contributed by atoms with Crippen molar-refractivity contribution in [3.05, 3.63) is 0 Å². The summed E-state index contributed by atoms with van der Waals surface area (Å²) >= 11 is 0. The molecular weight excluding hydrogens is 218 g/mol. The standard InChI is InChI=1S/C13H21NO3/c1-10(2)11-7-13(15,4-6-17-11)12(8-14)3-5-16-9-12/h10-11,15H,3-7,9H2,1-2H3. The maximum Gasteiger partial charge on any atom is 0.112 e. The molecule has 0 bridgehead atoms. The smallest absolute Gasteiger partial charge is 0.112 e. The first-order valence-corrected chi connectivity index (χ1v) is 6.36. The van der Waals surface area contributed by atoms with Gasteiger partial charge in [-0.15, -0.1) is 0 Å². The summed E-state index contributed by atoms with van der Waals surface area (Å²) in [4.78, 5) is 0. The lowest BCUT2D eigenvalue weighted by Crippen LogP contribution is -2.54. The van der Waals surface area contributed by atoms with Crippen molar-refractivity contribution in [3.63, 3.8) is 0 Å². The van der Waals surface area contributed by atoms with Gasteiger partial charge in [0.2, 0.25) is 0 Å². The highest BCUT2D eigenvalue weighted by atomic mass is 16.5.